The summed E-state index contributed by atoms with van der Waals surface area (Å²) in [5.74, 6) is -0.966. The molecule has 1 unspecified atom stereocenters. The molecule has 8 heteroatoms. The van der Waals surface area contributed by atoms with Crippen molar-refractivity contribution in [1.82, 2.24) is 19.4 Å². The van der Waals surface area contributed by atoms with Crippen LogP contribution in [0.5, 0.6) is 5.75 Å². The van der Waals surface area contributed by atoms with Crippen LogP contribution in [0.15, 0.2) is 103 Å². The molecule has 1 amide bonds. The summed E-state index contributed by atoms with van der Waals surface area (Å²) in [6.45, 7) is 1.35. The van der Waals surface area contributed by atoms with E-state index in [1.165, 1.54) is 17.3 Å². The number of pyridine rings is 1. The fraction of sp³-hybridized carbons (Fsp3) is 0.172. The highest BCUT2D eigenvalue weighted by atomic mass is 16.5. The highest BCUT2D eigenvalue weighted by molar-refractivity contribution is 6.46. The van der Waals surface area contributed by atoms with Crippen molar-refractivity contribution in [2.75, 3.05) is 6.54 Å². The van der Waals surface area contributed by atoms with Gasteiger partial charge in [0.2, 0.25) is 0 Å². The summed E-state index contributed by atoms with van der Waals surface area (Å²) >= 11 is 0. The first kappa shape index (κ1) is 24.0. The number of carbonyl (C=O) groups is 2. The fourth-order valence-electron chi connectivity index (χ4n) is 4.48. The molecule has 1 atom stereocenters. The number of hydrogen-bond acceptors (Lipinski definition) is 6. The van der Waals surface area contributed by atoms with Crippen LogP contribution in [-0.4, -0.2) is 42.8 Å². The van der Waals surface area contributed by atoms with Crippen LogP contribution >= 0.6 is 0 Å². The molecule has 2 aromatic heterocycles. The number of ketones is 1. The van der Waals surface area contributed by atoms with Crippen LogP contribution in [0, 0.1) is 0 Å². The van der Waals surface area contributed by atoms with Gasteiger partial charge in [-0.05, 0) is 41.8 Å². The summed E-state index contributed by atoms with van der Waals surface area (Å²) in [6, 6.07) is 19.6. The van der Waals surface area contributed by atoms with E-state index in [1.54, 1.807) is 24.7 Å². The monoisotopic (exact) mass is 494 g/mol. The van der Waals surface area contributed by atoms with Crippen molar-refractivity contribution in [2.45, 2.75) is 25.6 Å². The van der Waals surface area contributed by atoms with Crippen LogP contribution in [-0.2, 0) is 22.7 Å². The smallest absolute Gasteiger partial charge is 0.295 e. The maximum atomic E-state index is 13.2. The molecule has 4 aromatic rings. The van der Waals surface area contributed by atoms with Crippen molar-refractivity contribution >= 4 is 17.4 Å². The van der Waals surface area contributed by atoms with E-state index in [9.17, 15) is 14.7 Å². The Bertz CT molecular complexity index is 1400. The molecule has 1 aliphatic rings. The van der Waals surface area contributed by atoms with Crippen molar-refractivity contribution < 1.29 is 19.4 Å². The molecular weight excluding hydrogens is 468 g/mol. The highest BCUT2D eigenvalue weighted by Gasteiger charge is 2.45. The molecule has 0 radical (unpaired) electrons. The second kappa shape index (κ2) is 10.9. The molecule has 0 aliphatic carbocycles. The zero-order valence-corrected chi connectivity index (χ0v) is 20.1. The minimum absolute atomic E-state index is 0.0547. The topological polar surface area (TPSA) is 97.6 Å². The molecular formula is C29H26N4O4. The predicted molar refractivity (Wildman–Crippen MR) is 137 cm³/mol. The second-order valence-corrected chi connectivity index (χ2v) is 8.73. The molecule has 5 rings (SSSR count). The van der Waals surface area contributed by atoms with Crippen LogP contribution in [0.25, 0.3) is 5.76 Å². The van der Waals surface area contributed by atoms with E-state index >= 15 is 0 Å². The third kappa shape index (κ3) is 5.28. The molecule has 0 bridgehead atoms. The lowest BCUT2D eigenvalue weighted by Crippen LogP contribution is -2.31. The molecule has 0 spiro atoms. The average molecular weight is 495 g/mol. The van der Waals surface area contributed by atoms with Crippen molar-refractivity contribution in [3.63, 3.8) is 0 Å². The molecule has 1 fully saturated rings. The Morgan fingerprint density at radius 1 is 0.919 bits per heavy atom. The number of aryl methyl sites for hydroxylation is 1. The minimum Gasteiger partial charge on any atom is -0.507 e. The zero-order valence-electron chi connectivity index (χ0n) is 20.1. The number of likely N-dealkylation sites (tertiary alicyclic amines) is 1. The Morgan fingerprint density at radius 2 is 1.73 bits per heavy atom. The van der Waals surface area contributed by atoms with E-state index in [1.807, 2.05) is 65.4 Å². The molecule has 2 aromatic carbocycles. The number of carbonyl (C=O) groups excluding carboxylic acids is 2. The molecule has 186 valence electrons. The van der Waals surface area contributed by atoms with Gasteiger partial charge in [-0.3, -0.25) is 14.6 Å². The third-order valence-electron chi connectivity index (χ3n) is 6.29. The number of Topliss-reactive ketones (excluding diaryl/α,β-unsaturated/α-hetero) is 1. The summed E-state index contributed by atoms with van der Waals surface area (Å²) in [5, 5.41) is 11.2. The molecule has 1 N–H and O–H groups in total. The van der Waals surface area contributed by atoms with E-state index in [4.69, 9.17) is 4.74 Å². The number of hydrogen-bond donors (Lipinski definition) is 1. The van der Waals surface area contributed by atoms with Gasteiger partial charge in [-0.1, -0.05) is 42.5 Å². The average Bonchev–Trinajstić information content (AvgIpc) is 3.55. The van der Waals surface area contributed by atoms with Gasteiger partial charge in [0, 0.05) is 43.4 Å². The van der Waals surface area contributed by atoms with Crippen molar-refractivity contribution in [2.24, 2.45) is 0 Å². The SMILES string of the molecule is O=C1C(=O)N(CCCn2ccnc2)C(c2cccc(OCc3ccccc3)c2)C1=C(O)c1ccncc1. The predicted octanol–water partition coefficient (Wildman–Crippen LogP) is 4.37. The standard InChI is InChI=1S/C29H26N4O4/c34-27(22-10-12-30-13-11-22)25-26(33(29(36)28(25)35)16-5-15-32-17-14-31-20-32)23-8-4-9-24(18-23)37-19-21-6-2-1-3-7-21/h1-4,6-14,17-18,20,26,34H,5,15-16,19H2. The first-order valence-electron chi connectivity index (χ1n) is 12.0. The van der Waals surface area contributed by atoms with E-state index in [0.29, 0.717) is 43.0 Å². The molecule has 37 heavy (non-hydrogen) atoms. The summed E-state index contributed by atoms with van der Waals surface area (Å²) < 4.78 is 7.92. The van der Waals surface area contributed by atoms with E-state index < -0.39 is 17.7 Å². The lowest BCUT2D eigenvalue weighted by Gasteiger charge is -2.25. The number of benzene rings is 2. The zero-order chi connectivity index (χ0) is 25.6. The van der Waals surface area contributed by atoms with Crippen molar-refractivity contribution in [3.05, 3.63) is 120 Å². The Labute approximate surface area is 214 Å². The van der Waals surface area contributed by atoms with Gasteiger partial charge in [0.1, 0.15) is 18.1 Å². The van der Waals surface area contributed by atoms with E-state index in [-0.39, 0.29) is 11.3 Å². The summed E-state index contributed by atoms with van der Waals surface area (Å²) in [6.07, 6.45) is 8.93. The summed E-state index contributed by atoms with van der Waals surface area (Å²) in [5.41, 5.74) is 2.19. The Hall–Kier alpha value is -4.72. The molecule has 3 heterocycles. The number of aliphatic hydroxyl groups excluding tert-OH is 1. The van der Waals surface area contributed by atoms with E-state index in [2.05, 4.69) is 9.97 Å². The Morgan fingerprint density at radius 3 is 2.49 bits per heavy atom. The molecule has 1 saturated heterocycles. The van der Waals surface area contributed by atoms with Crippen molar-refractivity contribution in [1.29, 1.82) is 0 Å². The lowest BCUT2D eigenvalue weighted by molar-refractivity contribution is -0.139. The maximum Gasteiger partial charge on any atom is 0.295 e. The highest BCUT2D eigenvalue weighted by Crippen LogP contribution is 2.40. The van der Waals surface area contributed by atoms with Gasteiger partial charge in [0.15, 0.2) is 0 Å². The Kier molecular flexibility index (Phi) is 7.07. The van der Waals surface area contributed by atoms with Gasteiger partial charge >= 0.3 is 0 Å². The largest absolute Gasteiger partial charge is 0.507 e. The van der Waals surface area contributed by atoms with Crippen LogP contribution in [0.4, 0.5) is 0 Å². The number of aliphatic hydroxyl groups is 1. The van der Waals surface area contributed by atoms with Gasteiger partial charge in [-0.2, -0.15) is 0 Å². The van der Waals surface area contributed by atoms with Crippen molar-refractivity contribution in [3.8, 4) is 5.75 Å². The third-order valence-corrected chi connectivity index (χ3v) is 6.29. The number of imidazole rings is 1. The minimum atomic E-state index is -0.753. The number of nitrogens with zero attached hydrogens (tertiary/aromatic N) is 4. The van der Waals surface area contributed by atoms with Gasteiger partial charge in [-0.15, -0.1) is 0 Å². The molecule has 1 aliphatic heterocycles. The van der Waals surface area contributed by atoms with Gasteiger partial charge in [0.25, 0.3) is 11.7 Å². The molecule has 0 saturated carbocycles. The normalized spacial score (nSPS) is 16.8. The van der Waals surface area contributed by atoms with Crippen LogP contribution in [0.1, 0.15) is 29.2 Å². The molecule has 8 nitrogen and oxygen atoms in total. The number of rotatable bonds is 9. The maximum absolute atomic E-state index is 13.2. The number of amides is 1. The fourth-order valence-corrected chi connectivity index (χ4v) is 4.48. The van der Waals surface area contributed by atoms with Gasteiger partial charge in [0.05, 0.1) is 17.9 Å². The van der Waals surface area contributed by atoms with E-state index in [0.717, 1.165) is 5.56 Å². The first-order valence-corrected chi connectivity index (χ1v) is 12.0. The first-order chi connectivity index (χ1) is 18.1. The summed E-state index contributed by atoms with van der Waals surface area (Å²) in [7, 11) is 0. The van der Waals surface area contributed by atoms with Crippen LogP contribution in [0.2, 0.25) is 0 Å². The van der Waals surface area contributed by atoms with Crippen LogP contribution < -0.4 is 4.74 Å². The van der Waals surface area contributed by atoms with Gasteiger partial charge in [-0.25, -0.2) is 4.98 Å². The lowest BCUT2D eigenvalue weighted by atomic mass is 9.95. The quantitative estimate of drug-likeness (QED) is 0.211. The number of ether oxygens (including phenoxy) is 1. The van der Waals surface area contributed by atoms with Gasteiger partial charge < -0.3 is 19.3 Å². The Balaban J connectivity index is 1.48. The summed E-state index contributed by atoms with van der Waals surface area (Å²) in [4.78, 5) is 36.0. The second-order valence-electron chi connectivity index (χ2n) is 8.73. The van der Waals surface area contributed by atoms with Crippen LogP contribution in [0.3, 0.4) is 0 Å². The number of aromatic nitrogens is 3.